The van der Waals surface area contributed by atoms with Gasteiger partial charge in [-0.15, -0.1) is 0 Å². The van der Waals surface area contributed by atoms with Crippen molar-refractivity contribution in [2.24, 2.45) is 0 Å². The van der Waals surface area contributed by atoms with Gasteiger partial charge >= 0.3 is 0 Å². The second kappa shape index (κ2) is 6.90. The van der Waals surface area contributed by atoms with E-state index in [1.54, 1.807) is 0 Å². The Morgan fingerprint density at radius 1 is 1.19 bits per heavy atom. The molecule has 0 bridgehead atoms. The first-order chi connectivity index (χ1) is 10.4. The summed E-state index contributed by atoms with van der Waals surface area (Å²) in [7, 11) is 0. The fourth-order valence-electron chi connectivity index (χ4n) is 3.26. The molecule has 2 atom stereocenters. The standard InChI is InChI=1S/C18H25N3/c1-2-11-19-17-9-6-10-18(12-17)21-14-16(13-20-21)15-7-4-3-5-8-15/h3-5,7-8,13-14,17-19H,2,6,9-12H2,1H3. The predicted octanol–water partition coefficient (Wildman–Crippen LogP) is 4.03. The van der Waals surface area contributed by atoms with Crippen molar-refractivity contribution in [3.63, 3.8) is 0 Å². The maximum Gasteiger partial charge on any atom is 0.0568 e. The van der Waals surface area contributed by atoms with Crippen LogP contribution in [0, 0.1) is 0 Å². The Morgan fingerprint density at radius 2 is 2.05 bits per heavy atom. The van der Waals surface area contributed by atoms with Crippen LogP contribution in [0.1, 0.15) is 45.1 Å². The molecular weight excluding hydrogens is 258 g/mol. The molecule has 1 saturated carbocycles. The number of rotatable bonds is 5. The smallest absolute Gasteiger partial charge is 0.0568 e. The topological polar surface area (TPSA) is 29.9 Å². The SMILES string of the molecule is CCCNC1CCCC(n2cc(-c3ccccc3)cn2)C1. The molecule has 1 aromatic heterocycles. The fourth-order valence-corrected chi connectivity index (χ4v) is 3.26. The van der Waals surface area contributed by atoms with Crippen molar-refractivity contribution in [2.75, 3.05) is 6.54 Å². The molecule has 112 valence electrons. The molecular formula is C18H25N3. The largest absolute Gasteiger partial charge is 0.314 e. The van der Waals surface area contributed by atoms with Gasteiger partial charge in [-0.3, -0.25) is 4.68 Å². The lowest BCUT2D eigenvalue weighted by Gasteiger charge is -2.30. The van der Waals surface area contributed by atoms with Gasteiger partial charge in [-0.1, -0.05) is 37.3 Å². The molecule has 0 amide bonds. The number of nitrogens with one attached hydrogen (secondary N) is 1. The minimum absolute atomic E-state index is 0.547. The highest BCUT2D eigenvalue weighted by atomic mass is 15.3. The zero-order valence-corrected chi connectivity index (χ0v) is 12.8. The summed E-state index contributed by atoms with van der Waals surface area (Å²) in [6.45, 7) is 3.36. The van der Waals surface area contributed by atoms with Crippen LogP contribution in [0.5, 0.6) is 0 Å². The Labute approximate surface area is 127 Å². The third kappa shape index (κ3) is 3.53. The molecule has 21 heavy (non-hydrogen) atoms. The second-order valence-corrected chi connectivity index (χ2v) is 6.05. The summed E-state index contributed by atoms with van der Waals surface area (Å²) in [5, 5.41) is 8.29. The van der Waals surface area contributed by atoms with E-state index in [1.165, 1.54) is 43.2 Å². The van der Waals surface area contributed by atoms with Crippen LogP contribution >= 0.6 is 0 Å². The van der Waals surface area contributed by atoms with Crippen LogP contribution in [0.4, 0.5) is 0 Å². The summed E-state index contributed by atoms with van der Waals surface area (Å²) < 4.78 is 2.18. The molecule has 1 heterocycles. The van der Waals surface area contributed by atoms with Gasteiger partial charge < -0.3 is 5.32 Å². The van der Waals surface area contributed by atoms with Gasteiger partial charge in [0.15, 0.2) is 0 Å². The van der Waals surface area contributed by atoms with Gasteiger partial charge in [-0.05, 0) is 44.2 Å². The molecule has 0 spiro atoms. The highest BCUT2D eigenvalue weighted by Gasteiger charge is 2.23. The molecule has 1 N–H and O–H groups in total. The summed E-state index contributed by atoms with van der Waals surface area (Å²) >= 11 is 0. The quantitative estimate of drug-likeness (QED) is 0.897. The van der Waals surface area contributed by atoms with E-state index in [0.717, 1.165) is 6.54 Å². The van der Waals surface area contributed by atoms with Gasteiger partial charge in [0.05, 0.1) is 12.2 Å². The van der Waals surface area contributed by atoms with Gasteiger partial charge in [0.25, 0.3) is 0 Å². The lowest BCUT2D eigenvalue weighted by Crippen LogP contribution is -2.35. The summed E-state index contributed by atoms with van der Waals surface area (Å²) in [4.78, 5) is 0. The molecule has 2 unspecified atom stereocenters. The van der Waals surface area contributed by atoms with Crippen LogP contribution in [0.15, 0.2) is 42.7 Å². The Kier molecular flexibility index (Phi) is 4.71. The fraction of sp³-hybridized carbons (Fsp3) is 0.500. The van der Waals surface area contributed by atoms with Gasteiger partial charge in [0, 0.05) is 17.8 Å². The van der Waals surface area contributed by atoms with E-state index in [1.807, 2.05) is 6.20 Å². The first kappa shape index (κ1) is 14.3. The zero-order valence-electron chi connectivity index (χ0n) is 12.8. The van der Waals surface area contributed by atoms with E-state index >= 15 is 0 Å². The molecule has 1 aromatic carbocycles. The summed E-state index contributed by atoms with van der Waals surface area (Å²) in [6, 6.07) is 11.7. The van der Waals surface area contributed by atoms with E-state index in [0.29, 0.717) is 12.1 Å². The number of benzene rings is 1. The predicted molar refractivity (Wildman–Crippen MR) is 87.2 cm³/mol. The van der Waals surface area contributed by atoms with Crippen LogP contribution in [0.2, 0.25) is 0 Å². The molecule has 3 nitrogen and oxygen atoms in total. The van der Waals surface area contributed by atoms with Crippen LogP contribution in [-0.2, 0) is 0 Å². The third-order valence-corrected chi connectivity index (χ3v) is 4.41. The van der Waals surface area contributed by atoms with Gasteiger partial charge in [-0.2, -0.15) is 5.10 Å². The molecule has 1 aliphatic rings. The van der Waals surface area contributed by atoms with E-state index in [-0.39, 0.29) is 0 Å². The first-order valence-electron chi connectivity index (χ1n) is 8.19. The molecule has 2 aromatic rings. The van der Waals surface area contributed by atoms with Crippen molar-refractivity contribution in [1.29, 1.82) is 0 Å². The molecule has 0 aliphatic heterocycles. The summed E-state index contributed by atoms with van der Waals surface area (Å²) in [5.41, 5.74) is 2.47. The van der Waals surface area contributed by atoms with Crippen molar-refractivity contribution >= 4 is 0 Å². The zero-order chi connectivity index (χ0) is 14.5. The van der Waals surface area contributed by atoms with E-state index in [2.05, 4.69) is 58.5 Å². The third-order valence-electron chi connectivity index (χ3n) is 4.41. The van der Waals surface area contributed by atoms with Gasteiger partial charge in [-0.25, -0.2) is 0 Å². The maximum atomic E-state index is 4.62. The molecule has 1 fully saturated rings. The van der Waals surface area contributed by atoms with E-state index in [4.69, 9.17) is 0 Å². The van der Waals surface area contributed by atoms with Crippen molar-refractivity contribution in [3.8, 4) is 11.1 Å². The van der Waals surface area contributed by atoms with Crippen LogP contribution in [0.25, 0.3) is 11.1 Å². The normalized spacial score (nSPS) is 22.3. The Balaban J connectivity index is 1.68. The first-order valence-corrected chi connectivity index (χ1v) is 8.19. The summed E-state index contributed by atoms with van der Waals surface area (Å²) in [6.07, 6.45) is 10.5. The molecule has 3 heteroatoms. The Hall–Kier alpha value is -1.61. The average molecular weight is 283 g/mol. The van der Waals surface area contributed by atoms with Crippen molar-refractivity contribution in [1.82, 2.24) is 15.1 Å². The number of aromatic nitrogens is 2. The summed E-state index contributed by atoms with van der Waals surface area (Å²) in [5.74, 6) is 0. The van der Waals surface area contributed by atoms with Crippen LogP contribution < -0.4 is 5.32 Å². The van der Waals surface area contributed by atoms with Gasteiger partial charge in [0.1, 0.15) is 0 Å². The Bertz CT molecular complexity index is 547. The van der Waals surface area contributed by atoms with Crippen molar-refractivity contribution in [3.05, 3.63) is 42.7 Å². The lowest BCUT2D eigenvalue weighted by atomic mass is 9.91. The van der Waals surface area contributed by atoms with Gasteiger partial charge in [0.2, 0.25) is 0 Å². The highest BCUT2D eigenvalue weighted by Crippen LogP contribution is 2.29. The number of hydrogen-bond donors (Lipinski definition) is 1. The second-order valence-electron chi connectivity index (χ2n) is 6.05. The maximum absolute atomic E-state index is 4.62. The minimum Gasteiger partial charge on any atom is -0.314 e. The van der Waals surface area contributed by atoms with Crippen LogP contribution in [0.3, 0.4) is 0 Å². The molecule has 3 rings (SSSR count). The number of nitrogens with zero attached hydrogens (tertiary/aromatic N) is 2. The molecule has 1 aliphatic carbocycles. The monoisotopic (exact) mass is 283 g/mol. The number of hydrogen-bond acceptors (Lipinski definition) is 2. The van der Waals surface area contributed by atoms with Crippen molar-refractivity contribution < 1.29 is 0 Å². The average Bonchev–Trinajstić information content (AvgIpc) is 3.04. The van der Waals surface area contributed by atoms with E-state index in [9.17, 15) is 0 Å². The van der Waals surface area contributed by atoms with Crippen molar-refractivity contribution in [2.45, 2.75) is 51.1 Å². The van der Waals surface area contributed by atoms with Crippen LogP contribution in [-0.4, -0.2) is 22.4 Å². The highest BCUT2D eigenvalue weighted by molar-refractivity contribution is 5.61. The minimum atomic E-state index is 0.547. The Morgan fingerprint density at radius 3 is 2.86 bits per heavy atom. The van der Waals surface area contributed by atoms with E-state index < -0.39 is 0 Å². The molecule has 0 radical (unpaired) electrons. The lowest BCUT2D eigenvalue weighted by molar-refractivity contribution is 0.270. The molecule has 0 saturated heterocycles.